The van der Waals surface area contributed by atoms with Crippen LogP contribution in [0.15, 0.2) is 18.2 Å². The van der Waals surface area contributed by atoms with Gasteiger partial charge in [0, 0.05) is 30.6 Å². The molecule has 1 N–H and O–H groups in total. The van der Waals surface area contributed by atoms with Crippen LogP contribution in [0.3, 0.4) is 0 Å². The molecule has 6 heteroatoms. The van der Waals surface area contributed by atoms with Crippen LogP contribution < -0.4 is 0 Å². The summed E-state index contributed by atoms with van der Waals surface area (Å²) in [7, 11) is 1.56. The number of ether oxygens (including phenoxy) is 1. The third-order valence-corrected chi connectivity index (χ3v) is 5.09. The molecular weight excluding hydrogens is 321 g/mol. The van der Waals surface area contributed by atoms with Gasteiger partial charge in [-0.15, -0.1) is 0 Å². The molecule has 0 aromatic heterocycles. The maximum absolute atomic E-state index is 13.1. The SMILES string of the molecule is COC[C@]1(O)CCN(C(=O)Cc2ccc(F)cc2Cl)CC1(C)C. The van der Waals surface area contributed by atoms with Crippen molar-refractivity contribution in [2.24, 2.45) is 5.41 Å². The van der Waals surface area contributed by atoms with Crippen molar-refractivity contribution in [1.29, 1.82) is 0 Å². The molecule has 1 aromatic rings. The summed E-state index contributed by atoms with van der Waals surface area (Å²) >= 11 is 5.99. The van der Waals surface area contributed by atoms with Crippen molar-refractivity contribution in [3.63, 3.8) is 0 Å². The molecule has 23 heavy (non-hydrogen) atoms. The van der Waals surface area contributed by atoms with Gasteiger partial charge in [-0.2, -0.15) is 0 Å². The van der Waals surface area contributed by atoms with Crippen molar-refractivity contribution in [3.8, 4) is 0 Å². The fourth-order valence-corrected chi connectivity index (χ4v) is 3.25. The molecule has 1 aromatic carbocycles. The van der Waals surface area contributed by atoms with Crippen LogP contribution >= 0.6 is 11.6 Å². The highest BCUT2D eigenvalue weighted by Crippen LogP contribution is 2.39. The molecular formula is C17H23ClFNO3. The molecule has 1 heterocycles. The zero-order valence-electron chi connectivity index (χ0n) is 13.7. The fourth-order valence-electron chi connectivity index (χ4n) is 3.02. The van der Waals surface area contributed by atoms with Gasteiger partial charge in [0.25, 0.3) is 0 Å². The van der Waals surface area contributed by atoms with Crippen LogP contribution in [-0.2, 0) is 16.0 Å². The van der Waals surface area contributed by atoms with Gasteiger partial charge in [-0.25, -0.2) is 4.39 Å². The van der Waals surface area contributed by atoms with Gasteiger partial charge in [0.05, 0.1) is 18.6 Å². The third kappa shape index (κ3) is 3.84. The molecule has 2 rings (SSSR count). The van der Waals surface area contributed by atoms with Crippen LogP contribution in [0.2, 0.25) is 5.02 Å². The van der Waals surface area contributed by atoms with Crippen LogP contribution in [0.25, 0.3) is 0 Å². The molecule has 1 atom stereocenters. The first kappa shape index (κ1) is 18.2. The number of amides is 1. The van der Waals surface area contributed by atoms with Gasteiger partial charge < -0.3 is 14.7 Å². The number of likely N-dealkylation sites (tertiary alicyclic amines) is 1. The van der Waals surface area contributed by atoms with E-state index in [0.29, 0.717) is 25.1 Å². The number of nitrogens with zero attached hydrogens (tertiary/aromatic N) is 1. The summed E-state index contributed by atoms with van der Waals surface area (Å²) in [5.41, 5.74) is -0.830. The minimum Gasteiger partial charge on any atom is -0.387 e. The molecule has 1 saturated heterocycles. The number of carbonyl (C=O) groups excluding carboxylic acids is 1. The van der Waals surface area contributed by atoms with Crippen molar-refractivity contribution >= 4 is 17.5 Å². The number of methoxy groups -OCH3 is 1. The average Bonchev–Trinajstić information content (AvgIpc) is 2.45. The van der Waals surface area contributed by atoms with Crippen LogP contribution in [0.1, 0.15) is 25.8 Å². The summed E-state index contributed by atoms with van der Waals surface area (Å²) in [6, 6.07) is 4.04. The van der Waals surface area contributed by atoms with Crippen molar-refractivity contribution in [2.45, 2.75) is 32.3 Å². The number of hydrogen-bond acceptors (Lipinski definition) is 3. The molecule has 0 bridgehead atoms. The van der Waals surface area contributed by atoms with E-state index in [4.69, 9.17) is 16.3 Å². The molecule has 1 amide bonds. The van der Waals surface area contributed by atoms with Crippen LogP contribution in [0, 0.1) is 11.2 Å². The van der Waals surface area contributed by atoms with Crippen LogP contribution in [0.5, 0.6) is 0 Å². The van der Waals surface area contributed by atoms with Crippen molar-refractivity contribution in [2.75, 3.05) is 26.8 Å². The zero-order chi connectivity index (χ0) is 17.3. The minimum atomic E-state index is -0.952. The van der Waals surface area contributed by atoms with E-state index < -0.39 is 16.8 Å². The number of hydrogen-bond donors (Lipinski definition) is 1. The summed E-state index contributed by atoms with van der Waals surface area (Å²) in [4.78, 5) is 14.2. The van der Waals surface area contributed by atoms with Crippen molar-refractivity contribution < 1.29 is 19.0 Å². The third-order valence-electron chi connectivity index (χ3n) is 4.73. The number of carbonyl (C=O) groups is 1. The summed E-state index contributed by atoms with van der Waals surface area (Å²) < 4.78 is 18.2. The van der Waals surface area contributed by atoms with Crippen LogP contribution in [0.4, 0.5) is 4.39 Å². The molecule has 0 spiro atoms. The molecule has 4 nitrogen and oxygen atoms in total. The Balaban J connectivity index is 2.07. The molecule has 128 valence electrons. The Kier molecular flexibility index (Phi) is 5.33. The second-order valence-corrected chi connectivity index (χ2v) is 7.23. The molecule has 1 fully saturated rings. The standard InChI is InChI=1S/C17H23ClFNO3/c1-16(2)10-20(7-6-17(16,22)11-23-3)15(21)8-12-4-5-13(19)9-14(12)18/h4-5,9,22H,6-8,10-11H2,1-3H3/t17-/m1/s1. The highest BCUT2D eigenvalue weighted by atomic mass is 35.5. The van der Waals surface area contributed by atoms with E-state index >= 15 is 0 Å². The lowest BCUT2D eigenvalue weighted by atomic mass is 9.70. The number of benzene rings is 1. The largest absolute Gasteiger partial charge is 0.387 e. The van der Waals surface area contributed by atoms with Gasteiger partial charge in [-0.05, 0) is 24.1 Å². The highest BCUT2D eigenvalue weighted by molar-refractivity contribution is 6.31. The topological polar surface area (TPSA) is 49.8 Å². The van der Waals surface area contributed by atoms with Gasteiger partial charge in [-0.1, -0.05) is 31.5 Å². The molecule has 0 radical (unpaired) electrons. The zero-order valence-corrected chi connectivity index (χ0v) is 14.5. The molecule has 1 aliphatic rings. The van der Waals surface area contributed by atoms with E-state index in [1.807, 2.05) is 13.8 Å². The second-order valence-electron chi connectivity index (χ2n) is 6.83. The monoisotopic (exact) mass is 343 g/mol. The summed E-state index contributed by atoms with van der Waals surface area (Å²) in [5.74, 6) is -0.499. The van der Waals surface area contributed by atoms with E-state index in [1.54, 1.807) is 12.0 Å². The van der Waals surface area contributed by atoms with Crippen LogP contribution in [-0.4, -0.2) is 48.3 Å². The predicted molar refractivity (Wildman–Crippen MR) is 86.9 cm³/mol. The smallest absolute Gasteiger partial charge is 0.227 e. The Hall–Kier alpha value is -1.17. The van der Waals surface area contributed by atoms with Crippen molar-refractivity contribution in [3.05, 3.63) is 34.6 Å². The Labute approximate surface area is 141 Å². The van der Waals surface area contributed by atoms with E-state index in [1.165, 1.54) is 18.2 Å². The lowest BCUT2D eigenvalue weighted by Gasteiger charge is -2.50. The first-order valence-electron chi connectivity index (χ1n) is 7.61. The summed E-state index contributed by atoms with van der Waals surface area (Å²) in [5, 5.41) is 11.0. The normalized spacial score (nSPS) is 23.8. The minimum absolute atomic E-state index is 0.0777. The van der Waals surface area contributed by atoms with Gasteiger partial charge in [0.1, 0.15) is 5.82 Å². The Morgan fingerprint density at radius 3 is 2.74 bits per heavy atom. The summed E-state index contributed by atoms with van der Waals surface area (Å²) in [6.45, 7) is 4.99. The number of rotatable bonds is 4. The lowest BCUT2D eigenvalue weighted by Crippen LogP contribution is -2.60. The van der Waals surface area contributed by atoms with E-state index in [9.17, 15) is 14.3 Å². The molecule has 0 aliphatic carbocycles. The van der Waals surface area contributed by atoms with Gasteiger partial charge in [0.15, 0.2) is 0 Å². The first-order valence-corrected chi connectivity index (χ1v) is 7.99. The Morgan fingerprint density at radius 1 is 1.48 bits per heavy atom. The van der Waals surface area contributed by atoms with E-state index in [2.05, 4.69) is 0 Å². The summed E-state index contributed by atoms with van der Waals surface area (Å²) in [6.07, 6.45) is 0.578. The fraction of sp³-hybridized carbons (Fsp3) is 0.588. The maximum Gasteiger partial charge on any atom is 0.227 e. The van der Waals surface area contributed by atoms with Gasteiger partial charge in [-0.3, -0.25) is 4.79 Å². The lowest BCUT2D eigenvalue weighted by molar-refractivity contribution is -0.163. The van der Waals surface area contributed by atoms with E-state index in [0.717, 1.165) is 0 Å². The highest BCUT2D eigenvalue weighted by Gasteiger charge is 2.48. The predicted octanol–water partition coefficient (Wildman–Crippen LogP) is 2.66. The molecule has 0 saturated carbocycles. The maximum atomic E-state index is 13.1. The van der Waals surface area contributed by atoms with Crippen molar-refractivity contribution in [1.82, 2.24) is 4.90 Å². The number of piperidine rings is 1. The number of aliphatic hydroxyl groups is 1. The molecule has 0 unspecified atom stereocenters. The number of halogens is 2. The van der Waals surface area contributed by atoms with E-state index in [-0.39, 0.29) is 24.0 Å². The van der Waals surface area contributed by atoms with Gasteiger partial charge in [0.2, 0.25) is 5.91 Å². The van der Waals surface area contributed by atoms with Gasteiger partial charge >= 0.3 is 0 Å². The molecule has 1 aliphatic heterocycles. The second kappa shape index (κ2) is 6.75. The Bertz CT molecular complexity index is 593. The average molecular weight is 344 g/mol. The first-order chi connectivity index (χ1) is 10.7. The Morgan fingerprint density at radius 2 is 2.17 bits per heavy atom. The quantitative estimate of drug-likeness (QED) is 0.914.